The number of rotatable bonds is 0. The smallest absolute Gasteiger partial charge is 0.0832 e. The van der Waals surface area contributed by atoms with Gasteiger partial charge in [0.25, 0.3) is 0 Å². The molecular formula is Cl2NdOSe. The molecule has 2 radical (unpaired) electrons. The first kappa shape index (κ1) is 15.7. The van der Waals surface area contributed by atoms with E-state index in [-0.39, 0.29) is 57.9 Å². The molecule has 0 saturated carbocycles. The van der Waals surface area contributed by atoms with Crippen molar-refractivity contribution >= 4 is 40.8 Å². The van der Waals surface area contributed by atoms with Crippen LogP contribution < -0.4 is 0 Å². The van der Waals surface area contributed by atoms with Gasteiger partial charge < -0.3 is 0 Å². The van der Waals surface area contributed by atoms with Crippen molar-refractivity contribution < 1.29 is 44.7 Å². The van der Waals surface area contributed by atoms with Gasteiger partial charge in [-0.05, 0) is 0 Å². The Morgan fingerprint density at radius 2 is 1.20 bits per heavy atom. The van der Waals surface area contributed by atoms with Gasteiger partial charge in [-0.25, -0.2) is 0 Å². The Hall–Kier alpha value is 2.41. The standard InChI is InChI=1S/Cl2O.Nd.Se/c1-3-2;;. The van der Waals surface area contributed by atoms with Crippen LogP contribution in [0.1, 0.15) is 0 Å². The normalized spacial score (nSPS) is 3.60. The van der Waals surface area contributed by atoms with Gasteiger partial charge >= 0.3 is 0 Å². The zero-order chi connectivity index (χ0) is 2.71. The predicted molar refractivity (Wildman–Crippen MR) is 18.5 cm³/mol. The van der Waals surface area contributed by atoms with Crippen molar-refractivity contribution in [1.29, 1.82) is 0 Å². The molecule has 1 nitrogen and oxygen atoms in total. The molecular weight excluding hydrogens is 310 g/mol. The summed E-state index contributed by atoms with van der Waals surface area (Å²) in [5.41, 5.74) is 0. The molecule has 0 amide bonds. The van der Waals surface area contributed by atoms with Crippen LogP contribution in [0.3, 0.4) is 0 Å². The van der Waals surface area contributed by atoms with E-state index in [2.05, 4.69) is 27.6 Å². The van der Waals surface area contributed by atoms with Crippen LogP contribution in [-0.4, -0.2) is 17.1 Å². The molecule has 5 heavy (non-hydrogen) atoms. The summed E-state index contributed by atoms with van der Waals surface area (Å²) in [5, 5.41) is 0. The van der Waals surface area contributed by atoms with E-state index in [1.807, 2.05) is 0 Å². The molecule has 0 aromatic carbocycles. The number of hydrogen-bond acceptors (Lipinski definition) is 1. The Labute approximate surface area is 84.1 Å². The quantitative estimate of drug-likeness (QED) is 0.605. The van der Waals surface area contributed by atoms with Crippen molar-refractivity contribution in [3.05, 3.63) is 0 Å². The van der Waals surface area contributed by atoms with E-state index < -0.39 is 0 Å². The zero-order valence-electron chi connectivity index (χ0n) is 2.07. The Balaban J connectivity index is -0.0000000200. The Morgan fingerprint density at radius 1 is 1.20 bits per heavy atom. The van der Waals surface area contributed by atoms with E-state index in [4.69, 9.17) is 0 Å². The van der Waals surface area contributed by atoms with E-state index in [9.17, 15) is 0 Å². The summed E-state index contributed by atoms with van der Waals surface area (Å²) in [6.07, 6.45) is 0. The van der Waals surface area contributed by atoms with Crippen molar-refractivity contribution in [1.82, 2.24) is 0 Å². The fourth-order valence-corrected chi connectivity index (χ4v) is 0. The number of halogens is 2. The Kier molecular flexibility index (Phi) is 50.5. The van der Waals surface area contributed by atoms with Crippen LogP contribution in [0.15, 0.2) is 0 Å². The van der Waals surface area contributed by atoms with Crippen molar-refractivity contribution in [2.75, 3.05) is 0 Å². The van der Waals surface area contributed by atoms with Gasteiger partial charge in [0, 0.05) is 57.9 Å². The van der Waals surface area contributed by atoms with Gasteiger partial charge in [0.05, 0.1) is 23.7 Å². The third-order valence-corrected chi connectivity index (χ3v) is 0. The van der Waals surface area contributed by atoms with Crippen LogP contribution in [-0.2, 0) is 3.84 Å². The molecule has 0 N–H and O–H groups in total. The molecule has 0 aliphatic carbocycles. The maximum Gasteiger partial charge on any atom is 0.0832 e. The molecule has 0 bridgehead atoms. The first-order valence-electron chi connectivity index (χ1n) is 0.309. The predicted octanol–water partition coefficient (Wildman–Crippen LogP) is 0.930. The van der Waals surface area contributed by atoms with E-state index in [1.165, 1.54) is 0 Å². The summed E-state index contributed by atoms with van der Waals surface area (Å²) >= 11 is 8.53. The molecule has 0 fully saturated rings. The minimum absolute atomic E-state index is 0. The molecule has 0 aliphatic rings. The molecule has 0 atom stereocenters. The van der Waals surface area contributed by atoms with Gasteiger partial charge in [-0.2, -0.15) is 3.84 Å². The third-order valence-electron chi connectivity index (χ3n) is 0. The average molecular weight is 310 g/mol. The second-order valence-corrected chi connectivity index (χ2v) is 0.525. The molecule has 30 valence electrons. The van der Waals surface area contributed by atoms with E-state index in [1.54, 1.807) is 0 Å². The molecule has 0 aromatic rings. The van der Waals surface area contributed by atoms with Crippen LogP contribution in [0.2, 0.25) is 0 Å². The van der Waals surface area contributed by atoms with E-state index in [0.717, 1.165) is 0 Å². The maximum absolute atomic E-state index is 4.26. The third kappa shape index (κ3) is 21.5. The first-order chi connectivity index (χ1) is 1.41. The minimum Gasteiger partial charge on any atom is -0.166 e. The fraction of sp³-hybridized carbons (Fsp3) is 0. The van der Waals surface area contributed by atoms with Crippen LogP contribution in [0.4, 0.5) is 0 Å². The van der Waals surface area contributed by atoms with Crippen molar-refractivity contribution in [2.24, 2.45) is 0 Å². The molecule has 0 heterocycles. The van der Waals surface area contributed by atoms with E-state index in [0.29, 0.717) is 0 Å². The van der Waals surface area contributed by atoms with Crippen LogP contribution in [0, 0.1) is 40.8 Å². The summed E-state index contributed by atoms with van der Waals surface area (Å²) in [5.74, 6) is 0. The molecule has 0 aromatic heterocycles. The van der Waals surface area contributed by atoms with Crippen molar-refractivity contribution in [3.8, 4) is 0 Å². The Morgan fingerprint density at radius 3 is 1.20 bits per heavy atom. The van der Waals surface area contributed by atoms with Gasteiger partial charge in [-0.1, -0.05) is 0 Å². The Bertz CT molecular complexity index is 9.61. The molecule has 0 unspecified atom stereocenters. The van der Waals surface area contributed by atoms with Gasteiger partial charge in [0.15, 0.2) is 0 Å². The zero-order valence-corrected chi connectivity index (χ0v) is 8.51. The van der Waals surface area contributed by atoms with Crippen LogP contribution in [0.25, 0.3) is 0 Å². The van der Waals surface area contributed by atoms with Crippen LogP contribution >= 0.6 is 23.7 Å². The topological polar surface area (TPSA) is 9.23 Å². The SMILES string of the molecule is ClOCl.[Nd].[Se]. The summed E-state index contributed by atoms with van der Waals surface area (Å²) in [6, 6.07) is 0. The number of hydrogen-bond donors (Lipinski definition) is 0. The van der Waals surface area contributed by atoms with Gasteiger partial charge in [0.1, 0.15) is 0 Å². The van der Waals surface area contributed by atoms with Crippen LogP contribution in [0.5, 0.6) is 0 Å². The largest absolute Gasteiger partial charge is 0.166 e. The molecule has 0 rings (SSSR count). The minimum atomic E-state index is 0. The molecule has 0 spiro atoms. The second-order valence-electron chi connectivity index (χ2n) is 0.0583. The average Bonchev–Trinajstić information content (AvgIpc) is 0.918. The van der Waals surface area contributed by atoms with Gasteiger partial charge in [-0.15, -0.1) is 0 Å². The monoisotopic (exact) mass is 308 g/mol. The first-order valence-corrected chi connectivity index (χ1v) is 0.926. The van der Waals surface area contributed by atoms with Crippen molar-refractivity contribution in [2.45, 2.75) is 0 Å². The summed E-state index contributed by atoms with van der Waals surface area (Å²) < 4.78 is 3.19. The molecule has 0 saturated heterocycles. The summed E-state index contributed by atoms with van der Waals surface area (Å²) in [4.78, 5) is 0. The summed E-state index contributed by atoms with van der Waals surface area (Å²) in [6.45, 7) is 0. The maximum atomic E-state index is 4.26. The fourth-order valence-electron chi connectivity index (χ4n) is 0. The van der Waals surface area contributed by atoms with Gasteiger partial charge in [-0.3, -0.25) is 0 Å². The van der Waals surface area contributed by atoms with E-state index >= 15 is 0 Å². The van der Waals surface area contributed by atoms with Gasteiger partial charge in [0.2, 0.25) is 0 Å². The summed E-state index contributed by atoms with van der Waals surface area (Å²) in [7, 11) is 0. The molecule has 0 aliphatic heterocycles. The van der Waals surface area contributed by atoms with Crippen molar-refractivity contribution in [3.63, 3.8) is 0 Å². The second kappa shape index (κ2) is 16.1. The molecule has 5 heteroatoms.